The van der Waals surface area contributed by atoms with Crippen LogP contribution in [0.3, 0.4) is 0 Å². The van der Waals surface area contributed by atoms with Crippen molar-refractivity contribution in [1.82, 2.24) is 15.0 Å². The van der Waals surface area contributed by atoms with Gasteiger partial charge >= 0.3 is 5.97 Å². The van der Waals surface area contributed by atoms with Crippen molar-refractivity contribution in [2.75, 3.05) is 0 Å². The number of aromatic nitrogens is 3. The molecule has 1 aromatic heterocycles. The van der Waals surface area contributed by atoms with Crippen LogP contribution >= 0.6 is 43.5 Å². The molecule has 0 aliphatic heterocycles. The highest BCUT2D eigenvalue weighted by Gasteiger charge is 2.49. The van der Waals surface area contributed by atoms with Crippen molar-refractivity contribution in [2.24, 2.45) is 11.3 Å². The summed E-state index contributed by atoms with van der Waals surface area (Å²) in [6.07, 6.45) is 4.10. The second kappa shape index (κ2) is 7.58. The van der Waals surface area contributed by atoms with Crippen molar-refractivity contribution < 1.29 is 9.53 Å². The summed E-state index contributed by atoms with van der Waals surface area (Å²) >= 11 is 13.3. The molecule has 2 atom stereocenters. The highest BCUT2D eigenvalue weighted by atomic mass is 79.9. The van der Waals surface area contributed by atoms with Crippen LogP contribution in [0.4, 0.5) is 0 Å². The molecule has 0 fully saturated rings. The van der Waals surface area contributed by atoms with E-state index in [-0.39, 0.29) is 21.0 Å². The number of hydrogen-bond acceptors (Lipinski definition) is 4. The summed E-state index contributed by atoms with van der Waals surface area (Å²) in [6, 6.07) is 5.37. The molecule has 0 N–H and O–H groups in total. The molecule has 0 amide bonds. The molecular weight excluding hydrogens is 510 g/mol. The van der Waals surface area contributed by atoms with E-state index in [9.17, 15) is 4.79 Å². The van der Waals surface area contributed by atoms with Gasteiger partial charge in [0, 0.05) is 17.9 Å². The Morgan fingerprint density at radius 3 is 2.50 bits per heavy atom. The first kappa shape index (κ1) is 21.5. The van der Waals surface area contributed by atoms with Gasteiger partial charge in [-0.05, 0) is 42.2 Å². The monoisotopic (exact) mass is 529 g/mol. The Morgan fingerprint density at radius 1 is 1.29 bits per heavy atom. The van der Waals surface area contributed by atoms with Crippen molar-refractivity contribution >= 4 is 66.2 Å². The maximum atomic E-state index is 12.0. The van der Waals surface area contributed by atoms with Gasteiger partial charge in [0.25, 0.3) is 0 Å². The topological polar surface area (TPSA) is 57.0 Å². The average molecular weight is 532 g/mol. The van der Waals surface area contributed by atoms with E-state index in [0.29, 0.717) is 21.8 Å². The predicted octanol–water partition coefficient (Wildman–Crippen LogP) is 5.97. The highest BCUT2D eigenvalue weighted by Crippen LogP contribution is 2.48. The third kappa shape index (κ3) is 4.07. The smallest absolute Gasteiger partial charge is 0.303 e. The summed E-state index contributed by atoms with van der Waals surface area (Å²) in [6.45, 7) is 9.72. The predicted molar refractivity (Wildman–Crippen MR) is 120 cm³/mol. The van der Waals surface area contributed by atoms with Crippen molar-refractivity contribution in [2.45, 2.75) is 44.0 Å². The Hall–Kier alpha value is -1.18. The molecule has 0 spiro atoms. The van der Waals surface area contributed by atoms with Gasteiger partial charge in [-0.25, -0.2) is 0 Å². The zero-order valence-electron chi connectivity index (χ0n) is 16.3. The first-order valence-corrected chi connectivity index (χ1v) is 11.1. The molecule has 5 nitrogen and oxygen atoms in total. The number of ether oxygens (including phenoxy) is 1. The molecule has 0 saturated heterocycles. The summed E-state index contributed by atoms with van der Waals surface area (Å²) in [5, 5.41) is 9.83. The fraction of sp³-hybridized carbons (Fsp3) is 0.450. The van der Waals surface area contributed by atoms with Crippen LogP contribution in [-0.4, -0.2) is 30.3 Å². The van der Waals surface area contributed by atoms with Crippen molar-refractivity contribution in [1.29, 1.82) is 0 Å². The number of esters is 1. The fourth-order valence-electron chi connectivity index (χ4n) is 3.74. The van der Waals surface area contributed by atoms with Gasteiger partial charge in [0.1, 0.15) is 16.7 Å². The van der Waals surface area contributed by atoms with E-state index in [1.165, 1.54) is 6.92 Å². The third-order valence-corrected chi connectivity index (χ3v) is 6.16. The number of allylic oxidation sites excluding steroid dienone is 2. The molecule has 1 aliphatic rings. The molecule has 2 aromatic rings. The maximum absolute atomic E-state index is 12.0. The summed E-state index contributed by atoms with van der Waals surface area (Å²) in [5.41, 5.74) is 1.97. The molecule has 0 radical (unpaired) electrons. The van der Waals surface area contributed by atoms with E-state index in [1.807, 2.05) is 19.1 Å². The van der Waals surface area contributed by atoms with E-state index >= 15 is 0 Å². The van der Waals surface area contributed by atoms with E-state index in [0.717, 1.165) is 5.57 Å². The zero-order valence-corrected chi connectivity index (χ0v) is 20.3. The van der Waals surface area contributed by atoms with Crippen LogP contribution in [0.2, 0.25) is 5.02 Å². The number of carbonyl (C=O) groups excluding carboxylic acids is 1. The van der Waals surface area contributed by atoms with Gasteiger partial charge in [-0.1, -0.05) is 70.3 Å². The van der Waals surface area contributed by atoms with Crippen LogP contribution in [0, 0.1) is 11.3 Å². The Bertz CT molecular complexity index is 991. The Morgan fingerprint density at radius 2 is 1.93 bits per heavy atom. The average Bonchev–Trinajstić information content (AvgIpc) is 2.95. The molecule has 0 bridgehead atoms. The number of alkyl halides is 2. The van der Waals surface area contributed by atoms with Gasteiger partial charge < -0.3 is 4.74 Å². The lowest BCUT2D eigenvalue weighted by Crippen LogP contribution is -2.48. The molecule has 1 aliphatic carbocycles. The molecule has 8 heteroatoms. The summed E-state index contributed by atoms with van der Waals surface area (Å²) in [5.74, 6) is -0.456. The SMILES string of the molecule is CC(=O)OC1(C)C(n2nc3ccc(Cl)cc3n2)=CC(C(Br)Br)=CC1C(C)(C)C. The normalized spacial score (nSPS) is 23.0. The van der Waals surface area contributed by atoms with Gasteiger partial charge in [-0.2, -0.15) is 4.80 Å². The number of benzene rings is 1. The summed E-state index contributed by atoms with van der Waals surface area (Å²) in [4.78, 5) is 13.6. The summed E-state index contributed by atoms with van der Waals surface area (Å²) < 4.78 is 5.87. The first-order chi connectivity index (χ1) is 12.9. The molecule has 0 saturated carbocycles. The van der Waals surface area contributed by atoms with Gasteiger partial charge in [0.2, 0.25) is 0 Å². The zero-order chi connectivity index (χ0) is 20.9. The number of carbonyl (C=O) groups is 1. The van der Waals surface area contributed by atoms with E-state index < -0.39 is 5.60 Å². The lowest BCUT2D eigenvalue weighted by Gasteiger charge is -2.45. The quantitative estimate of drug-likeness (QED) is 0.362. The Kier molecular flexibility index (Phi) is 5.82. The molecule has 2 unspecified atom stereocenters. The second-order valence-electron chi connectivity index (χ2n) is 8.16. The van der Waals surface area contributed by atoms with Gasteiger partial charge in [0.05, 0.1) is 3.74 Å². The van der Waals surface area contributed by atoms with Crippen LogP contribution in [0.25, 0.3) is 16.7 Å². The van der Waals surface area contributed by atoms with E-state index in [4.69, 9.17) is 16.3 Å². The number of nitrogens with zero attached hydrogens (tertiary/aromatic N) is 3. The minimum atomic E-state index is -0.943. The first-order valence-electron chi connectivity index (χ1n) is 8.86. The minimum Gasteiger partial charge on any atom is -0.452 e. The van der Waals surface area contributed by atoms with E-state index in [1.54, 1.807) is 16.9 Å². The third-order valence-electron chi connectivity index (χ3n) is 4.86. The van der Waals surface area contributed by atoms with Gasteiger partial charge in [-0.15, -0.1) is 10.2 Å². The standard InChI is InChI=1S/C20H22Br2ClN3O2/c1-11(27)28-20(5)16(19(2,3)4)8-12(18(21)22)9-17(20)26-24-14-7-6-13(23)10-15(14)25-26/h6-10,16,18H,1-5H3. The van der Waals surface area contributed by atoms with Crippen molar-refractivity contribution in [3.05, 3.63) is 40.9 Å². The second-order valence-corrected chi connectivity index (χ2v) is 11.7. The largest absolute Gasteiger partial charge is 0.452 e. The van der Waals surface area contributed by atoms with E-state index in [2.05, 4.69) is 68.9 Å². The van der Waals surface area contributed by atoms with Crippen molar-refractivity contribution in [3.63, 3.8) is 0 Å². The number of hydrogen-bond donors (Lipinski definition) is 0. The number of rotatable bonds is 3. The Balaban J connectivity index is 2.25. The molecule has 3 rings (SSSR count). The molecule has 1 heterocycles. The van der Waals surface area contributed by atoms with Crippen molar-refractivity contribution in [3.8, 4) is 0 Å². The highest BCUT2D eigenvalue weighted by molar-refractivity contribution is 9.24. The molecule has 28 heavy (non-hydrogen) atoms. The van der Waals surface area contributed by atoms with Gasteiger partial charge in [-0.3, -0.25) is 4.79 Å². The van der Waals surface area contributed by atoms with Gasteiger partial charge in [0.15, 0.2) is 5.60 Å². The summed E-state index contributed by atoms with van der Waals surface area (Å²) in [7, 11) is 0. The van der Waals surface area contributed by atoms with Crippen LogP contribution in [0.15, 0.2) is 35.9 Å². The molecular formula is C20H22Br2ClN3O2. The van der Waals surface area contributed by atoms with Crippen LogP contribution in [-0.2, 0) is 9.53 Å². The molecule has 150 valence electrons. The maximum Gasteiger partial charge on any atom is 0.303 e. The number of halogens is 3. The van der Waals surface area contributed by atoms with Crippen LogP contribution in [0.5, 0.6) is 0 Å². The molecule has 1 aromatic carbocycles. The number of fused-ring (bicyclic) bond motifs is 1. The Labute approximate surface area is 186 Å². The fourth-order valence-corrected chi connectivity index (χ4v) is 4.47. The lowest BCUT2D eigenvalue weighted by atomic mass is 9.67. The minimum absolute atomic E-state index is 0.0545. The van der Waals surface area contributed by atoms with Crippen LogP contribution in [0.1, 0.15) is 34.6 Å². The lowest BCUT2D eigenvalue weighted by molar-refractivity contribution is -0.156. The van der Waals surface area contributed by atoms with Crippen LogP contribution < -0.4 is 0 Å².